The van der Waals surface area contributed by atoms with Crippen molar-refractivity contribution in [1.82, 2.24) is 0 Å². The highest BCUT2D eigenvalue weighted by atomic mass is 16.6. The third-order valence-electron chi connectivity index (χ3n) is 5.14. The minimum absolute atomic E-state index is 0.139. The predicted octanol–water partition coefficient (Wildman–Crippen LogP) is 3.82. The Bertz CT molecular complexity index is 465. The van der Waals surface area contributed by atoms with Crippen LogP contribution in [0.4, 0.5) is 0 Å². The first-order chi connectivity index (χ1) is 18.7. The first kappa shape index (κ1) is 37.1. The van der Waals surface area contributed by atoms with Gasteiger partial charge in [-0.15, -0.1) is 0 Å². The fourth-order valence-electron chi connectivity index (χ4n) is 3.10. The number of carbonyl (C=O) groups excluding carboxylic acids is 1. The number of carbonyl (C=O) groups is 1. The molecule has 0 aliphatic carbocycles. The zero-order valence-electron chi connectivity index (χ0n) is 24.4. The second-order valence-corrected chi connectivity index (χ2v) is 8.94. The second-order valence-electron chi connectivity index (χ2n) is 8.94. The van der Waals surface area contributed by atoms with E-state index in [9.17, 15) is 4.79 Å². The monoisotopic (exact) mass is 552 g/mol. The molecule has 0 N–H and O–H groups in total. The molecule has 0 bridgehead atoms. The normalized spacial score (nSPS) is 11.5. The minimum atomic E-state index is -0.139. The number of unbranched alkanes of at least 4 members (excludes halogenated alkanes) is 5. The molecule has 0 aromatic carbocycles. The summed E-state index contributed by atoms with van der Waals surface area (Å²) in [5.41, 5.74) is 0. The molecule has 0 unspecified atom stereocenters. The highest BCUT2D eigenvalue weighted by Gasteiger charge is 2.02. The van der Waals surface area contributed by atoms with Gasteiger partial charge >= 0.3 is 5.97 Å². The average Bonchev–Trinajstić information content (AvgIpc) is 2.90. The van der Waals surface area contributed by atoms with E-state index in [0.717, 1.165) is 12.8 Å². The molecule has 0 fully saturated rings. The van der Waals surface area contributed by atoms with E-state index < -0.39 is 0 Å². The van der Waals surface area contributed by atoms with Gasteiger partial charge in [-0.2, -0.15) is 0 Å². The third-order valence-corrected chi connectivity index (χ3v) is 5.14. The molecule has 0 aromatic rings. The SMILES string of the molecule is CCCCCCCCC(=O)OCCOCCOCCOCCOCCOCCOCCOCCOC(C)C. The van der Waals surface area contributed by atoms with E-state index in [1.54, 1.807) is 0 Å². The zero-order valence-corrected chi connectivity index (χ0v) is 24.4. The van der Waals surface area contributed by atoms with Gasteiger partial charge in [-0.1, -0.05) is 39.0 Å². The summed E-state index contributed by atoms with van der Waals surface area (Å²) >= 11 is 0. The lowest BCUT2D eigenvalue weighted by molar-refractivity contribution is -0.145. The van der Waals surface area contributed by atoms with E-state index >= 15 is 0 Å². The van der Waals surface area contributed by atoms with Gasteiger partial charge in [-0.3, -0.25) is 4.79 Å². The lowest BCUT2D eigenvalue weighted by atomic mass is 10.1. The maximum absolute atomic E-state index is 11.6. The van der Waals surface area contributed by atoms with Crippen molar-refractivity contribution < 1.29 is 47.4 Å². The standard InChI is InChI=1S/C28H56O10/c1-4-5-6-7-8-9-10-28(29)38-26-24-36-22-20-34-18-16-32-14-12-30-11-13-31-15-17-33-19-21-35-23-25-37-27(2)3/h27H,4-26H2,1-3H3. The van der Waals surface area contributed by atoms with Gasteiger partial charge in [-0.25, -0.2) is 0 Å². The van der Waals surface area contributed by atoms with Crippen molar-refractivity contribution in [1.29, 1.82) is 0 Å². The average molecular weight is 553 g/mol. The van der Waals surface area contributed by atoms with Crippen LogP contribution in [0.5, 0.6) is 0 Å². The molecule has 0 saturated heterocycles. The van der Waals surface area contributed by atoms with Crippen molar-refractivity contribution >= 4 is 5.97 Å². The first-order valence-electron chi connectivity index (χ1n) is 14.5. The van der Waals surface area contributed by atoms with Gasteiger partial charge in [0.2, 0.25) is 0 Å². The van der Waals surface area contributed by atoms with E-state index in [4.69, 9.17) is 42.6 Å². The summed E-state index contributed by atoms with van der Waals surface area (Å²) in [6, 6.07) is 0. The van der Waals surface area contributed by atoms with E-state index in [1.807, 2.05) is 13.8 Å². The summed E-state index contributed by atoms with van der Waals surface area (Å²) in [4.78, 5) is 11.6. The molecule has 228 valence electrons. The van der Waals surface area contributed by atoms with Crippen molar-refractivity contribution in [3.05, 3.63) is 0 Å². The lowest BCUT2D eigenvalue weighted by Crippen LogP contribution is -2.15. The Morgan fingerprint density at radius 1 is 0.474 bits per heavy atom. The van der Waals surface area contributed by atoms with Crippen LogP contribution >= 0.6 is 0 Å². The molecule has 38 heavy (non-hydrogen) atoms. The molecule has 0 rings (SSSR count). The summed E-state index contributed by atoms with van der Waals surface area (Å²) < 4.78 is 48.6. The van der Waals surface area contributed by atoms with Gasteiger partial charge in [0.05, 0.1) is 105 Å². The number of ether oxygens (including phenoxy) is 9. The Balaban J connectivity index is 3.10. The minimum Gasteiger partial charge on any atom is -0.463 e. The Labute approximate surface area is 231 Å². The summed E-state index contributed by atoms with van der Waals surface area (Å²) in [6.45, 7) is 14.2. The molecule has 0 aliphatic heterocycles. The molecule has 0 saturated carbocycles. The highest BCUT2D eigenvalue weighted by Crippen LogP contribution is 2.07. The Kier molecular flexibility index (Phi) is 31.6. The fraction of sp³-hybridized carbons (Fsp3) is 0.964. The summed E-state index contributed by atoms with van der Waals surface area (Å²) in [6.07, 6.45) is 7.69. The van der Waals surface area contributed by atoms with Crippen molar-refractivity contribution in [3.8, 4) is 0 Å². The van der Waals surface area contributed by atoms with Crippen LogP contribution in [0.2, 0.25) is 0 Å². The van der Waals surface area contributed by atoms with Crippen molar-refractivity contribution in [2.75, 3.05) is 106 Å². The predicted molar refractivity (Wildman–Crippen MR) is 146 cm³/mol. The first-order valence-corrected chi connectivity index (χ1v) is 14.5. The van der Waals surface area contributed by atoms with Gasteiger partial charge in [-0.05, 0) is 20.3 Å². The summed E-state index contributed by atoms with van der Waals surface area (Å²) in [5, 5.41) is 0. The molecule has 0 aromatic heterocycles. The fourth-order valence-corrected chi connectivity index (χ4v) is 3.10. The van der Waals surface area contributed by atoms with E-state index in [0.29, 0.717) is 112 Å². The largest absolute Gasteiger partial charge is 0.463 e. The van der Waals surface area contributed by atoms with E-state index in [2.05, 4.69) is 6.92 Å². The quantitative estimate of drug-likeness (QED) is 0.0904. The number of esters is 1. The Hall–Kier alpha value is -0.850. The van der Waals surface area contributed by atoms with Crippen molar-refractivity contribution in [2.45, 2.75) is 71.8 Å². The summed E-state index contributed by atoms with van der Waals surface area (Å²) in [7, 11) is 0. The second kappa shape index (κ2) is 32.4. The number of hydrogen-bond donors (Lipinski definition) is 0. The molecule has 0 heterocycles. The van der Waals surface area contributed by atoms with Crippen molar-refractivity contribution in [3.63, 3.8) is 0 Å². The molecule has 0 radical (unpaired) electrons. The van der Waals surface area contributed by atoms with Crippen LogP contribution in [0, 0.1) is 0 Å². The topological polar surface area (TPSA) is 100 Å². The van der Waals surface area contributed by atoms with Crippen LogP contribution in [0.3, 0.4) is 0 Å². The van der Waals surface area contributed by atoms with Crippen LogP contribution in [0.25, 0.3) is 0 Å². The van der Waals surface area contributed by atoms with E-state index in [-0.39, 0.29) is 12.1 Å². The molecule has 10 heteroatoms. The van der Waals surface area contributed by atoms with Crippen LogP contribution in [0.1, 0.15) is 65.7 Å². The van der Waals surface area contributed by atoms with Gasteiger partial charge in [0.15, 0.2) is 0 Å². The maximum atomic E-state index is 11.6. The number of rotatable bonds is 32. The van der Waals surface area contributed by atoms with Crippen LogP contribution in [0.15, 0.2) is 0 Å². The van der Waals surface area contributed by atoms with Gasteiger partial charge in [0.1, 0.15) is 6.61 Å². The summed E-state index contributed by atoms with van der Waals surface area (Å²) in [5.74, 6) is -0.139. The van der Waals surface area contributed by atoms with Crippen molar-refractivity contribution in [2.24, 2.45) is 0 Å². The molecule has 0 aliphatic rings. The smallest absolute Gasteiger partial charge is 0.305 e. The Morgan fingerprint density at radius 3 is 1.21 bits per heavy atom. The number of hydrogen-bond acceptors (Lipinski definition) is 10. The van der Waals surface area contributed by atoms with Gasteiger partial charge in [0, 0.05) is 6.42 Å². The van der Waals surface area contributed by atoms with Crippen LogP contribution in [-0.4, -0.2) is 118 Å². The maximum Gasteiger partial charge on any atom is 0.305 e. The molecular formula is C28H56O10. The third kappa shape index (κ3) is 33.2. The van der Waals surface area contributed by atoms with Crippen LogP contribution < -0.4 is 0 Å². The lowest BCUT2D eigenvalue weighted by Gasteiger charge is -2.09. The molecule has 10 nitrogen and oxygen atoms in total. The van der Waals surface area contributed by atoms with Gasteiger partial charge in [0.25, 0.3) is 0 Å². The highest BCUT2D eigenvalue weighted by molar-refractivity contribution is 5.69. The molecule has 0 atom stereocenters. The molecule has 0 spiro atoms. The van der Waals surface area contributed by atoms with Crippen LogP contribution in [-0.2, 0) is 47.4 Å². The molecular weight excluding hydrogens is 496 g/mol. The molecule has 0 amide bonds. The Morgan fingerprint density at radius 2 is 0.816 bits per heavy atom. The van der Waals surface area contributed by atoms with E-state index in [1.165, 1.54) is 25.7 Å². The zero-order chi connectivity index (χ0) is 27.8. The van der Waals surface area contributed by atoms with Gasteiger partial charge < -0.3 is 42.6 Å².